The van der Waals surface area contributed by atoms with E-state index >= 15 is 0 Å². The van der Waals surface area contributed by atoms with Crippen molar-refractivity contribution < 1.29 is 5.11 Å². The molecule has 1 fully saturated rings. The van der Waals surface area contributed by atoms with Crippen molar-refractivity contribution in [3.8, 4) is 0 Å². The number of hydrogen-bond donors (Lipinski definition) is 1. The van der Waals surface area contributed by atoms with Crippen LogP contribution in [0.2, 0.25) is 0 Å². The summed E-state index contributed by atoms with van der Waals surface area (Å²) in [7, 11) is 0. The van der Waals surface area contributed by atoms with E-state index in [1.807, 2.05) is 0 Å². The molecule has 0 saturated heterocycles. The summed E-state index contributed by atoms with van der Waals surface area (Å²) in [4.78, 5) is 2.49. The molecule has 1 heterocycles. The molecular formula is C15H21NO. The smallest absolute Gasteiger partial charge is 0.0504 e. The lowest BCUT2D eigenvalue weighted by molar-refractivity contribution is 0.0511. The fraction of sp³-hybridized carbons (Fsp3) is 0.600. The number of aryl methyl sites for hydroxylation is 1. The molecule has 2 aliphatic rings. The molecule has 2 heteroatoms. The summed E-state index contributed by atoms with van der Waals surface area (Å²) in [6.07, 6.45) is 6.14. The topological polar surface area (TPSA) is 23.5 Å². The van der Waals surface area contributed by atoms with Crippen LogP contribution in [0.15, 0.2) is 24.3 Å². The Morgan fingerprint density at radius 2 is 2.00 bits per heavy atom. The van der Waals surface area contributed by atoms with Crippen molar-refractivity contribution in [3.05, 3.63) is 29.8 Å². The van der Waals surface area contributed by atoms with Crippen LogP contribution in [0.5, 0.6) is 0 Å². The molecule has 1 aromatic carbocycles. The maximum atomic E-state index is 9.59. The first-order valence-electron chi connectivity index (χ1n) is 6.77. The lowest BCUT2D eigenvalue weighted by Gasteiger charge is -2.45. The van der Waals surface area contributed by atoms with Crippen LogP contribution in [-0.2, 0) is 6.42 Å². The Morgan fingerprint density at radius 1 is 1.18 bits per heavy atom. The number of rotatable bonds is 3. The Balaban J connectivity index is 1.81. The van der Waals surface area contributed by atoms with E-state index in [4.69, 9.17) is 0 Å². The highest BCUT2D eigenvalue weighted by molar-refractivity contribution is 5.55. The molecule has 17 heavy (non-hydrogen) atoms. The molecule has 0 spiro atoms. The van der Waals surface area contributed by atoms with E-state index in [1.165, 1.54) is 43.4 Å². The van der Waals surface area contributed by atoms with Crippen molar-refractivity contribution in [2.45, 2.75) is 32.1 Å². The number of aliphatic hydroxyl groups excluding tert-OH is 1. The molecule has 3 rings (SSSR count). The molecule has 0 unspecified atom stereocenters. The van der Waals surface area contributed by atoms with Crippen molar-refractivity contribution in [2.24, 2.45) is 5.41 Å². The minimum Gasteiger partial charge on any atom is -0.396 e. The van der Waals surface area contributed by atoms with Gasteiger partial charge in [0.15, 0.2) is 0 Å². The minimum atomic E-state index is 0.199. The molecule has 1 aliphatic heterocycles. The zero-order valence-corrected chi connectivity index (χ0v) is 10.4. The highest BCUT2D eigenvalue weighted by Crippen LogP contribution is 2.42. The normalized spacial score (nSPS) is 21.8. The fourth-order valence-corrected chi connectivity index (χ4v) is 3.22. The van der Waals surface area contributed by atoms with Crippen LogP contribution in [0, 0.1) is 5.41 Å². The van der Waals surface area contributed by atoms with Gasteiger partial charge in [0, 0.05) is 24.2 Å². The van der Waals surface area contributed by atoms with E-state index in [0.29, 0.717) is 6.61 Å². The Labute approximate surface area is 103 Å². The highest BCUT2D eigenvalue weighted by atomic mass is 16.3. The summed E-state index contributed by atoms with van der Waals surface area (Å²) < 4.78 is 0. The zero-order valence-electron chi connectivity index (χ0n) is 10.4. The predicted octanol–water partition coefficient (Wildman–Crippen LogP) is 2.60. The van der Waals surface area contributed by atoms with Gasteiger partial charge in [-0.3, -0.25) is 0 Å². The first kappa shape index (κ1) is 11.1. The molecule has 1 aromatic rings. The molecule has 0 aromatic heterocycles. The number of fused-ring (bicyclic) bond motifs is 1. The van der Waals surface area contributed by atoms with Crippen molar-refractivity contribution in [1.29, 1.82) is 0 Å². The van der Waals surface area contributed by atoms with E-state index in [9.17, 15) is 5.11 Å². The second kappa shape index (κ2) is 4.34. The summed E-state index contributed by atoms with van der Waals surface area (Å²) >= 11 is 0. The average Bonchev–Trinajstić information content (AvgIpc) is 2.34. The van der Waals surface area contributed by atoms with Gasteiger partial charge in [-0.1, -0.05) is 24.6 Å². The van der Waals surface area contributed by atoms with Gasteiger partial charge in [-0.25, -0.2) is 0 Å². The number of para-hydroxylation sites is 1. The monoisotopic (exact) mass is 231 g/mol. The summed E-state index contributed by atoms with van der Waals surface area (Å²) in [5.41, 5.74) is 3.08. The zero-order chi connectivity index (χ0) is 11.7. The summed E-state index contributed by atoms with van der Waals surface area (Å²) in [5, 5.41) is 9.59. The third-order valence-electron chi connectivity index (χ3n) is 4.48. The Kier molecular flexibility index (Phi) is 2.83. The molecule has 1 saturated carbocycles. The maximum Gasteiger partial charge on any atom is 0.0504 e. The third kappa shape index (κ3) is 1.95. The molecule has 1 N–H and O–H groups in total. The Hall–Kier alpha value is -1.02. The number of anilines is 1. The van der Waals surface area contributed by atoms with Gasteiger partial charge < -0.3 is 10.0 Å². The average molecular weight is 231 g/mol. The molecule has 2 nitrogen and oxygen atoms in total. The molecule has 1 aliphatic carbocycles. The van der Waals surface area contributed by atoms with Gasteiger partial charge >= 0.3 is 0 Å². The van der Waals surface area contributed by atoms with Crippen LogP contribution >= 0.6 is 0 Å². The number of benzene rings is 1. The predicted molar refractivity (Wildman–Crippen MR) is 70.3 cm³/mol. The molecule has 0 amide bonds. The molecule has 0 atom stereocenters. The van der Waals surface area contributed by atoms with Gasteiger partial charge in [-0.05, 0) is 37.3 Å². The van der Waals surface area contributed by atoms with Gasteiger partial charge in [0.05, 0.1) is 6.61 Å². The minimum absolute atomic E-state index is 0.199. The van der Waals surface area contributed by atoms with E-state index < -0.39 is 0 Å². The first-order chi connectivity index (χ1) is 8.33. The second-order valence-corrected chi connectivity index (χ2v) is 5.67. The number of hydrogen-bond acceptors (Lipinski definition) is 2. The standard InChI is InChI=1S/C15H21NO/c17-12-15(8-4-9-15)11-16-10-3-6-13-5-1-2-7-14(13)16/h1-2,5,7,17H,3-4,6,8-12H2. The summed E-state index contributed by atoms with van der Waals surface area (Å²) in [5.74, 6) is 0. The SMILES string of the molecule is OCC1(CN2CCCc3ccccc32)CCC1. The molecule has 0 radical (unpaired) electrons. The number of nitrogens with zero attached hydrogens (tertiary/aromatic N) is 1. The largest absolute Gasteiger partial charge is 0.396 e. The summed E-state index contributed by atoms with van der Waals surface area (Å²) in [6.45, 7) is 2.55. The molecule has 92 valence electrons. The second-order valence-electron chi connectivity index (χ2n) is 5.67. The lowest BCUT2D eigenvalue weighted by atomic mass is 9.69. The van der Waals surface area contributed by atoms with Gasteiger partial charge in [0.2, 0.25) is 0 Å². The fourth-order valence-electron chi connectivity index (χ4n) is 3.22. The lowest BCUT2D eigenvalue weighted by Crippen LogP contribution is -2.46. The van der Waals surface area contributed by atoms with Crippen LogP contribution in [0.3, 0.4) is 0 Å². The van der Waals surface area contributed by atoms with Crippen LogP contribution in [0.4, 0.5) is 5.69 Å². The highest BCUT2D eigenvalue weighted by Gasteiger charge is 2.38. The van der Waals surface area contributed by atoms with Crippen LogP contribution in [0.1, 0.15) is 31.2 Å². The first-order valence-corrected chi connectivity index (χ1v) is 6.77. The van der Waals surface area contributed by atoms with Crippen molar-refractivity contribution >= 4 is 5.69 Å². The van der Waals surface area contributed by atoms with E-state index in [2.05, 4.69) is 29.2 Å². The number of aliphatic hydroxyl groups is 1. The van der Waals surface area contributed by atoms with Crippen molar-refractivity contribution in [2.75, 3.05) is 24.6 Å². The van der Waals surface area contributed by atoms with Gasteiger partial charge in [0.25, 0.3) is 0 Å². The third-order valence-corrected chi connectivity index (χ3v) is 4.48. The molecule has 0 bridgehead atoms. The van der Waals surface area contributed by atoms with Crippen molar-refractivity contribution in [1.82, 2.24) is 0 Å². The van der Waals surface area contributed by atoms with Gasteiger partial charge in [-0.15, -0.1) is 0 Å². The quantitative estimate of drug-likeness (QED) is 0.864. The van der Waals surface area contributed by atoms with Crippen LogP contribution in [-0.4, -0.2) is 24.8 Å². The van der Waals surface area contributed by atoms with E-state index in [-0.39, 0.29) is 5.41 Å². The maximum absolute atomic E-state index is 9.59. The van der Waals surface area contributed by atoms with Gasteiger partial charge in [0.1, 0.15) is 0 Å². The Morgan fingerprint density at radius 3 is 2.71 bits per heavy atom. The van der Waals surface area contributed by atoms with Gasteiger partial charge in [-0.2, -0.15) is 0 Å². The molecular weight excluding hydrogens is 210 g/mol. The Bertz CT molecular complexity index is 392. The van der Waals surface area contributed by atoms with Crippen LogP contribution in [0.25, 0.3) is 0 Å². The van der Waals surface area contributed by atoms with Crippen LogP contribution < -0.4 is 4.90 Å². The summed E-state index contributed by atoms with van der Waals surface area (Å²) in [6, 6.07) is 8.74. The van der Waals surface area contributed by atoms with E-state index in [1.54, 1.807) is 0 Å². The van der Waals surface area contributed by atoms with E-state index in [0.717, 1.165) is 13.1 Å². The van der Waals surface area contributed by atoms with Crippen molar-refractivity contribution in [3.63, 3.8) is 0 Å².